The maximum absolute atomic E-state index is 10.9. The molecule has 94 valence electrons. The Labute approximate surface area is 98.6 Å². The van der Waals surface area contributed by atoms with Crippen LogP contribution in [0.15, 0.2) is 0 Å². The first-order valence-corrected chi connectivity index (χ1v) is 6.43. The third-order valence-electron chi connectivity index (χ3n) is 3.93. The molecule has 1 rings (SSSR count). The first-order chi connectivity index (χ1) is 7.44. The Morgan fingerprint density at radius 3 is 2.38 bits per heavy atom. The highest BCUT2D eigenvalue weighted by Crippen LogP contribution is 2.26. The minimum Gasteiger partial charge on any atom is -0.481 e. The number of carbonyl (C=O) groups is 1. The van der Waals surface area contributed by atoms with E-state index >= 15 is 0 Å². The normalized spacial score (nSPS) is 22.0. The molecule has 2 N–H and O–H groups in total. The van der Waals surface area contributed by atoms with Crippen molar-refractivity contribution in [2.24, 2.45) is 5.92 Å². The van der Waals surface area contributed by atoms with Crippen molar-refractivity contribution in [3.63, 3.8) is 0 Å². The molecular formula is C13H25NO2. The van der Waals surface area contributed by atoms with E-state index in [0.717, 1.165) is 0 Å². The summed E-state index contributed by atoms with van der Waals surface area (Å²) in [7, 11) is 0. The fourth-order valence-electron chi connectivity index (χ4n) is 2.45. The van der Waals surface area contributed by atoms with Gasteiger partial charge in [-0.25, -0.2) is 0 Å². The van der Waals surface area contributed by atoms with E-state index in [-0.39, 0.29) is 12.0 Å². The fraction of sp³-hybridized carbons (Fsp3) is 0.923. The molecule has 0 aromatic carbocycles. The predicted molar refractivity (Wildman–Crippen MR) is 65.5 cm³/mol. The van der Waals surface area contributed by atoms with Crippen LogP contribution in [-0.4, -0.2) is 22.7 Å². The van der Waals surface area contributed by atoms with E-state index in [2.05, 4.69) is 19.2 Å². The van der Waals surface area contributed by atoms with E-state index in [1.165, 1.54) is 32.1 Å². The van der Waals surface area contributed by atoms with Crippen LogP contribution in [0.4, 0.5) is 0 Å². The van der Waals surface area contributed by atoms with Crippen LogP contribution in [0, 0.1) is 5.92 Å². The Morgan fingerprint density at radius 1 is 1.38 bits per heavy atom. The van der Waals surface area contributed by atoms with Crippen molar-refractivity contribution in [2.75, 3.05) is 0 Å². The molecule has 0 bridgehead atoms. The van der Waals surface area contributed by atoms with Crippen molar-refractivity contribution in [2.45, 2.75) is 70.9 Å². The number of hydrogen-bond acceptors (Lipinski definition) is 2. The number of carboxylic acids is 1. The number of rotatable bonds is 5. The molecule has 1 aliphatic rings. The van der Waals surface area contributed by atoms with Gasteiger partial charge in [0.1, 0.15) is 0 Å². The monoisotopic (exact) mass is 227 g/mol. The summed E-state index contributed by atoms with van der Waals surface area (Å²) < 4.78 is 0. The molecule has 1 aliphatic carbocycles. The maximum Gasteiger partial charge on any atom is 0.305 e. The molecule has 3 heteroatoms. The third-order valence-corrected chi connectivity index (χ3v) is 3.93. The SMILES string of the molecule is CC(C)C(C)(CC(=O)O)NC1CCCCC1. The highest BCUT2D eigenvalue weighted by Gasteiger charge is 2.33. The molecule has 1 unspecified atom stereocenters. The van der Waals surface area contributed by atoms with Crippen molar-refractivity contribution in [1.82, 2.24) is 5.32 Å². The minimum atomic E-state index is -0.709. The second kappa shape index (κ2) is 5.67. The van der Waals surface area contributed by atoms with Crippen LogP contribution in [0.25, 0.3) is 0 Å². The van der Waals surface area contributed by atoms with Gasteiger partial charge in [-0.2, -0.15) is 0 Å². The van der Waals surface area contributed by atoms with Gasteiger partial charge < -0.3 is 10.4 Å². The van der Waals surface area contributed by atoms with Crippen molar-refractivity contribution in [1.29, 1.82) is 0 Å². The zero-order valence-corrected chi connectivity index (χ0v) is 10.8. The van der Waals surface area contributed by atoms with Gasteiger partial charge in [0.05, 0.1) is 6.42 Å². The van der Waals surface area contributed by atoms with Crippen LogP contribution in [-0.2, 0) is 4.79 Å². The van der Waals surface area contributed by atoms with Crippen molar-refractivity contribution in [3.05, 3.63) is 0 Å². The molecule has 1 saturated carbocycles. The molecule has 1 fully saturated rings. The Morgan fingerprint density at radius 2 is 1.94 bits per heavy atom. The summed E-state index contributed by atoms with van der Waals surface area (Å²) in [5.74, 6) is -0.370. The molecule has 0 spiro atoms. The Balaban J connectivity index is 2.58. The molecule has 1 atom stereocenters. The lowest BCUT2D eigenvalue weighted by molar-refractivity contribution is -0.139. The second-order valence-corrected chi connectivity index (χ2v) is 5.62. The van der Waals surface area contributed by atoms with Gasteiger partial charge in [-0.15, -0.1) is 0 Å². The van der Waals surface area contributed by atoms with Crippen LogP contribution >= 0.6 is 0 Å². The summed E-state index contributed by atoms with van der Waals surface area (Å²) in [6.07, 6.45) is 6.48. The Bertz CT molecular complexity index is 234. The van der Waals surface area contributed by atoms with E-state index in [1.54, 1.807) is 0 Å². The van der Waals surface area contributed by atoms with E-state index in [4.69, 9.17) is 5.11 Å². The predicted octanol–water partition coefficient (Wildman–Crippen LogP) is 2.80. The van der Waals surface area contributed by atoms with E-state index in [0.29, 0.717) is 12.0 Å². The summed E-state index contributed by atoms with van der Waals surface area (Å²) >= 11 is 0. The number of nitrogens with one attached hydrogen (secondary N) is 1. The lowest BCUT2D eigenvalue weighted by atomic mass is 9.82. The van der Waals surface area contributed by atoms with Crippen molar-refractivity contribution in [3.8, 4) is 0 Å². The van der Waals surface area contributed by atoms with Crippen LogP contribution in [0.3, 0.4) is 0 Å². The summed E-state index contributed by atoms with van der Waals surface area (Å²) in [5, 5.41) is 12.6. The summed E-state index contributed by atoms with van der Waals surface area (Å²) in [6, 6.07) is 0.514. The van der Waals surface area contributed by atoms with Gasteiger partial charge in [0, 0.05) is 11.6 Å². The molecule has 0 amide bonds. The lowest BCUT2D eigenvalue weighted by Crippen LogP contribution is -2.53. The number of aliphatic carboxylic acids is 1. The maximum atomic E-state index is 10.9. The molecule has 3 nitrogen and oxygen atoms in total. The van der Waals surface area contributed by atoms with Gasteiger partial charge in [0.2, 0.25) is 0 Å². The third kappa shape index (κ3) is 3.78. The van der Waals surface area contributed by atoms with Gasteiger partial charge in [0.25, 0.3) is 0 Å². The lowest BCUT2D eigenvalue weighted by Gasteiger charge is -2.39. The molecule has 0 aliphatic heterocycles. The van der Waals surface area contributed by atoms with E-state index in [1.807, 2.05) is 6.92 Å². The smallest absolute Gasteiger partial charge is 0.305 e. The average Bonchev–Trinajstić information content (AvgIpc) is 2.17. The summed E-state index contributed by atoms with van der Waals surface area (Å²) in [6.45, 7) is 6.23. The number of carboxylic acid groups (broad SMARTS) is 1. The molecule has 0 heterocycles. The summed E-state index contributed by atoms with van der Waals surface area (Å²) in [5.41, 5.74) is -0.270. The van der Waals surface area contributed by atoms with Crippen LogP contribution in [0.2, 0.25) is 0 Å². The molecule has 16 heavy (non-hydrogen) atoms. The van der Waals surface area contributed by atoms with E-state index < -0.39 is 5.97 Å². The molecule has 0 saturated heterocycles. The molecule has 0 radical (unpaired) electrons. The number of hydrogen-bond donors (Lipinski definition) is 2. The fourth-order valence-corrected chi connectivity index (χ4v) is 2.45. The van der Waals surface area contributed by atoms with Crippen molar-refractivity contribution >= 4 is 5.97 Å². The first kappa shape index (κ1) is 13.5. The van der Waals surface area contributed by atoms with Crippen LogP contribution < -0.4 is 5.32 Å². The largest absolute Gasteiger partial charge is 0.481 e. The second-order valence-electron chi connectivity index (χ2n) is 5.62. The molecule has 0 aromatic heterocycles. The average molecular weight is 227 g/mol. The van der Waals surface area contributed by atoms with Crippen LogP contribution in [0.5, 0.6) is 0 Å². The standard InChI is InChI=1S/C13H25NO2/c1-10(2)13(3,9-12(15)16)14-11-7-5-4-6-8-11/h10-11,14H,4-9H2,1-3H3,(H,15,16). The zero-order chi connectivity index (χ0) is 12.2. The Kier molecular flexibility index (Phi) is 4.78. The Hall–Kier alpha value is -0.570. The topological polar surface area (TPSA) is 49.3 Å². The highest BCUT2D eigenvalue weighted by atomic mass is 16.4. The van der Waals surface area contributed by atoms with Gasteiger partial charge >= 0.3 is 5.97 Å². The van der Waals surface area contributed by atoms with Gasteiger partial charge in [0.15, 0.2) is 0 Å². The van der Waals surface area contributed by atoms with Gasteiger partial charge in [-0.1, -0.05) is 33.1 Å². The van der Waals surface area contributed by atoms with Crippen molar-refractivity contribution < 1.29 is 9.90 Å². The quantitative estimate of drug-likeness (QED) is 0.759. The van der Waals surface area contributed by atoms with Gasteiger partial charge in [-0.3, -0.25) is 4.79 Å². The first-order valence-electron chi connectivity index (χ1n) is 6.43. The summed E-state index contributed by atoms with van der Waals surface area (Å²) in [4.78, 5) is 10.9. The van der Waals surface area contributed by atoms with Crippen LogP contribution in [0.1, 0.15) is 59.3 Å². The highest BCUT2D eigenvalue weighted by molar-refractivity contribution is 5.68. The minimum absolute atomic E-state index is 0.209. The molecular weight excluding hydrogens is 202 g/mol. The zero-order valence-electron chi connectivity index (χ0n) is 10.8. The van der Waals surface area contributed by atoms with E-state index in [9.17, 15) is 4.79 Å². The molecule has 0 aromatic rings. The van der Waals surface area contributed by atoms with Gasteiger partial charge in [-0.05, 0) is 25.7 Å².